The summed E-state index contributed by atoms with van der Waals surface area (Å²) < 4.78 is 12.2. The highest BCUT2D eigenvalue weighted by Gasteiger charge is 2.55. The lowest BCUT2D eigenvalue weighted by Crippen LogP contribution is -2.66. The van der Waals surface area contributed by atoms with Crippen molar-refractivity contribution in [2.45, 2.75) is 75.6 Å². The molecular weight excluding hydrogens is 747 g/mol. The quantitative estimate of drug-likeness (QED) is 0.0540. The molecule has 5 heterocycles. The molecule has 1 amide bonds. The molecule has 4 fully saturated rings. The van der Waals surface area contributed by atoms with Gasteiger partial charge in [-0.1, -0.05) is 79.9 Å². The van der Waals surface area contributed by atoms with Crippen LogP contribution in [0.4, 0.5) is 0 Å². The van der Waals surface area contributed by atoms with Crippen LogP contribution in [0.25, 0.3) is 10.9 Å². The average Bonchev–Trinajstić information content (AvgIpc) is 3.25. The fourth-order valence-electron chi connectivity index (χ4n) is 8.89. The summed E-state index contributed by atoms with van der Waals surface area (Å²) in [6.45, 7) is 3.77. The van der Waals surface area contributed by atoms with Gasteiger partial charge in [0.1, 0.15) is 29.6 Å². The molecule has 306 valence electrons. The third kappa shape index (κ3) is 8.82. The fourth-order valence-corrected chi connectivity index (χ4v) is 8.89. The van der Waals surface area contributed by atoms with E-state index in [1.165, 1.54) is 12.1 Å². The van der Waals surface area contributed by atoms with Gasteiger partial charge in [-0.3, -0.25) is 24.1 Å². The first-order chi connectivity index (χ1) is 28.7. The number of aromatic nitrogens is 1. The van der Waals surface area contributed by atoms with Crippen molar-refractivity contribution in [3.63, 3.8) is 0 Å². The Labute approximate surface area is 343 Å². The first-order valence-corrected chi connectivity index (χ1v) is 20.8. The molecule has 0 spiro atoms. The molecule has 4 aromatic carbocycles. The Kier molecular flexibility index (Phi) is 11.9. The maximum atomic E-state index is 13.8. The molecule has 4 aliphatic heterocycles. The molecule has 59 heavy (non-hydrogen) atoms. The van der Waals surface area contributed by atoms with Gasteiger partial charge in [-0.2, -0.15) is 0 Å². The molecule has 0 radical (unpaired) electrons. The number of ketones is 1. The van der Waals surface area contributed by atoms with Crippen LogP contribution in [0.2, 0.25) is 0 Å². The molecule has 3 N–H and O–H groups in total. The summed E-state index contributed by atoms with van der Waals surface area (Å²) in [4.78, 5) is 58.6. The minimum Gasteiger partial charge on any atom is -0.506 e. The summed E-state index contributed by atoms with van der Waals surface area (Å²) in [7, 11) is 0. The van der Waals surface area contributed by atoms with Gasteiger partial charge in [0.15, 0.2) is 5.78 Å². The van der Waals surface area contributed by atoms with E-state index in [4.69, 9.17) is 9.47 Å². The Morgan fingerprint density at radius 3 is 2.24 bits per heavy atom. The van der Waals surface area contributed by atoms with Gasteiger partial charge in [-0.15, -0.1) is 0 Å². The molecule has 1 aromatic heterocycles. The Morgan fingerprint density at radius 1 is 0.814 bits per heavy atom. The normalized spacial score (nSPS) is 19.8. The number of aliphatic hydroxyl groups excluding tert-OH is 1. The number of unbranched alkanes of at least 4 members (excludes halogenated alkanes) is 3. The van der Waals surface area contributed by atoms with Crippen molar-refractivity contribution in [3.05, 3.63) is 141 Å². The van der Waals surface area contributed by atoms with E-state index in [1.807, 2.05) is 54.6 Å². The molecule has 0 aliphatic carbocycles. The molecule has 11 heteroatoms. The molecule has 11 nitrogen and oxygen atoms in total. The van der Waals surface area contributed by atoms with Crippen molar-refractivity contribution < 1.29 is 34.1 Å². The van der Waals surface area contributed by atoms with Crippen molar-refractivity contribution >= 4 is 28.6 Å². The third-order valence-corrected chi connectivity index (χ3v) is 12.5. The van der Waals surface area contributed by atoms with Crippen molar-refractivity contribution in [3.8, 4) is 11.5 Å². The smallest absolute Gasteiger partial charge is 0.320 e. The van der Waals surface area contributed by atoms with E-state index in [1.54, 1.807) is 41.3 Å². The lowest BCUT2D eigenvalue weighted by atomic mass is 9.73. The summed E-state index contributed by atoms with van der Waals surface area (Å²) in [5, 5.41) is 21.5. The van der Waals surface area contributed by atoms with Crippen LogP contribution in [-0.2, 0) is 21.6 Å². The number of hydrogen-bond acceptors (Lipinski definition) is 9. The number of amides is 1. The van der Waals surface area contributed by atoms with Gasteiger partial charge in [0.05, 0.1) is 11.6 Å². The van der Waals surface area contributed by atoms with Gasteiger partial charge < -0.3 is 29.6 Å². The largest absolute Gasteiger partial charge is 0.506 e. The molecule has 9 rings (SSSR count). The molecule has 2 bridgehead atoms. The van der Waals surface area contributed by atoms with Gasteiger partial charge >= 0.3 is 5.97 Å². The standard InChI is InChI=1S/C48H51N3O8/c52-40(10-6-1-2-7-11-41(53)38-20-22-42(54)45-39(38)21-23-44(55)49-45)33-14-12-32(13-15-33)29-58-37-18-16-35(17-19-37)46(56)51-30-48(31-51,36-8-4-3-5-9-36)47(57)59-43-28-50-26-24-34(43)25-27-50/h3-5,8-9,12-23,34,41,43,53-54H,1-2,6-7,10-11,24-31H2,(H,49,55)/t41-,43-/m0/s1. The van der Waals surface area contributed by atoms with E-state index in [2.05, 4.69) is 9.88 Å². The van der Waals surface area contributed by atoms with Gasteiger partial charge in [0.25, 0.3) is 5.91 Å². The second-order valence-electron chi connectivity index (χ2n) is 16.4. The highest BCUT2D eigenvalue weighted by atomic mass is 16.5. The number of piperidine rings is 3. The number of aromatic amines is 1. The minimum atomic E-state index is -0.878. The summed E-state index contributed by atoms with van der Waals surface area (Å²) in [6, 6.07) is 30.3. The number of ether oxygens (including phenoxy) is 2. The number of aliphatic hydroxyl groups is 1. The van der Waals surface area contributed by atoms with E-state index in [9.17, 15) is 29.4 Å². The number of fused-ring (bicyclic) bond motifs is 4. The number of aromatic hydroxyl groups is 1. The van der Waals surface area contributed by atoms with E-state index >= 15 is 0 Å². The van der Waals surface area contributed by atoms with Crippen LogP contribution in [0.3, 0.4) is 0 Å². The zero-order valence-corrected chi connectivity index (χ0v) is 33.2. The van der Waals surface area contributed by atoms with E-state index in [0.29, 0.717) is 58.7 Å². The van der Waals surface area contributed by atoms with Crippen LogP contribution in [0.5, 0.6) is 11.5 Å². The lowest BCUT2D eigenvalue weighted by Gasteiger charge is -2.50. The fraction of sp³-hybridized carbons (Fsp3) is 0.375. The summed E-state index contributed by atoms with van der Waals surface area (Å²) in [6.07, 6.45) is 5.52. The number of phenols is 1. The van der Waals surface area contributed by atoms with Crippen LogP contribution in [-0.4, -0.2) is 81.5 Å². The second kappa shape index (κ2) is 17.6. The predicted molar refractivity (Wildman–Crippen MR) is 224 cm³/mol. The van der Waals surface area contributed by atoms with Gasteiger partial charge in [0.2, 0.25) is 5.56 Å². The number of carbonyl (C=O) groups is 3. The summed E-state index contributed by atoms with van der Waals surface area (Å²) in [5.74, 6) is 0.690. The number of benzene rings is 4. The number of pyridine rings is 1. The number of H-pyrrole nitrogens is 1. The van der Waals surface area contributed by atoms with E-state index in [-0.39, 0.29) is 48.2 Å². The second-order valence-corrected chi connectivity index (χ2v) is 16.4. The number of phenolic OH excluding ortho intramolecular Hbond substituents is 1. The average molecular weight is 798 g/mol. The number of likely N-dealkylation sites (tertiary alicyclic amines) is 1. The van der Waals surface area contributed by atoms with Crippen molar-refractivity contribution in [1.29, 1.82) is 0 Å². The van der Waals surface area contributed by atoms with Gasteiger partial charge in [-0.05, 0) is 97.8 Å². The van der Waals surface area contributed by atoms with Crippen molar-refractivity contribution in [2.24, 2.45) is 5.92 Å². The third-order valence-electron chi connectivity index (χ3n) is 12.5. The monoisotopic (exact) mass is 797 g/mol. The molecule has 4 aliphatic rings. The first-order valence-electron chi connectivity index (χ1n) is 20.8. The maximum absolute atomic E-state index is 13.8. The van der Waals surface area contributed by atoms with Crippen LogP contribution in [0.1, 0.15) is 94.9 Å². The maximum Gasteiger partial charge on any atom is 0.320 e. The molecular formula is C48H51N3O8. The lowest BCUT2D eigenvalue weighted by molar-refractivity contribution is -0.171. The Bertz CT molecular complexity index is 2330. The topological polar surface area (TPSA) is 149 Å². The van der Waals surface area contributed by atoms with Crippen molar-refractivity contribution in [2.75, 3.05) is 32.7 Å². The number of esters is 1. The Balaban J connectivity index is 0.762. The highest BCUT2D eigenvalue weighted by Crippen LogP contribution is 2.39. The van der Waals surface area contributed by atoms with E-state index < -0.39 is 11.5 Å². The zero-order chi connectivity index (χ0) is 40.9. The van der Waals surface area contributed by atoms with E-state index in [0.717, 1.165) is 69.3 Å². The molecule has 0 saturated carbocycles. The first kappa shape index (κ1) is 40.0. The number of nitrogens with zero attached hydrogens (tertiary/aromatic N) is 2. The number of hydrogen-bond donors (Lipinski definition) is 3. The SMILES string of the molecule is O=C(CCCCCC[C@H](O)c1ccc(O)c2[nH]c(=O)ccc12)c1ccc(COc2ccc(C(=O)N3CC(C(=O)O[C@H]4CN5CCC4CC5)(c4ccccc4)C3)cc2)cc1. The minimum absolute atomic E-state index is 0.0332. The van der Waals surface area contributed by atoms with Crippen LogP contribution < -0.4 is 10.3 Å². The molecule has 2 atom stereocenters. The van der Waals surface area contributed by atoms with Crippen LogP contribution in [0.15, 0.2) is 108 Å². The summed E-state index contributed by atoms with van der Waals surface area (Å²) in [5.41, 5.74) is 2.75. The predicted octanol–water partition coefficient (Wildman–Crippen LogP) is 7.10. The summed E-state index contributed by atoms with van der Waals surface area (Å²) >= 11 is 0. The molecule has 0 unspecified atom stereocenters. The number of nitrogens with one attached hydrogen (secondary N) is 1. The van der Waals surface area contributed by atoms with Gasteiger partial charge in [-0.25, -0.2) is 0 Å². The molecule has 4 saturated heterocycles. The molecule has 5 aromatic rings. The van der Waals surface area contributed by atoms with Crippen LogP contribution >= 0.6 is 0 Å². The zero-order valence-electron chi connectivity index (χ0n) is 33.2. The Hall–Kier alpha value is -5.78. The van der Waals surface area contributed by atoms with Gasteiger partial charge in [0, 0.05) is 48.6 Å². The Morgan fingerprint density at radius 2 is 1.53 bits per heavy atom. The van der Waals surface area contributed by atoms with Crippen molar-refractivity contribution in [1.82, 2.24) is 14.8 Å². The number of rotatable bonds is 16. The van der Waals surface area contributed by atoms with Crippen LogP contribution in [0, 0.1) is 5.92 Å². The number of carbonyl (C=O) groups excluding carboxylic acids is 3. The number of Topliss-reactive ketones (excluding diaryl/α,β-unsaturated/α-hetero) is 1. The highest BCUT2D eigenvalue weighted by molar-refractivity contribution is 5.98.